The highest BCUT2D eigenvalue weighted by Crippen LogP contribution is 2.20. The van der Waals surface area contributed by atoms with E-state index in [2.05, 4.69) is 20.0 Å². The monoisotopic (exact) mass is 352 g/mol. The fourth-order valence-corrected chi connectivity index (χ4v) is 4.58. The number of nitrogens with zero attached hydrogens (tertiary/aromatic N) is 3. The Labute approximate surface area is 152 Å². The van der Waals surface area contributed by atoms with Crippen LogP contribution < -0.4 is 5.32 Å². The number of carbonyl (C=O) groups excluding carboxylic acids is 1. The summed E-state index contributed by atoms with van der Waals surface area (Å²) in [6, 6.07) is 0.709. The van der Waals surface area contributed by atoms with Gasteiger partial charge in [0.1, 0.15) is 0 Å². The maximum Gasteiger partial charge on any atom is 0.319 e. The van der Waals surface area contributed by atoms with E-state index in [1.807, 2.05) is 0 Å². The molecule has 3 saturated heterocycles. The molecular formula is C19H36N4O2. The molecule has 144 valence electrons. The molecule has 3 aliphatic rings. The lowest BCUT2D eigenvalue weighted by Crippen LogP contribution is -2.53. The van der Waals surface area contributed by atoms with E-state index in [-0.39, 0.29) is 5.97 Å². The molecule has 0 aromatic rings. The van der Waals surface area contributed by atoms with E-state index in [0.29, 0.717) is 12.6 Å². The largest absolute Gasteiger partial charge is 0.468 e. The van der Waals surface area contributed by atoms with Gasteiger partial charge in [-0.25, -0.2) is 0 Å². The fourth-order valence-electron chi connectivity index (χ4n) is 4.58. The summed E-state index contributed by atoms with van der Waals surface area (Å²) in [5.74, 6) is 0.833. The molecule has 0 saturated carbocycles. The molecule has 0 bridgehead atoms. The van der Waals surface area contributed by atoms with Crippen LogP contribution in [0.3, 0.4) is 0 Å². The van der Waals surface area contributed by atoms with Crippen LogP contribution in [0.1, 0.15) is 32.1 Å². The van der Waals surface area contributed by atoms with Gasteiger partial charge in [0.05, 0.1) is 13.7 Å². The summed E-state index contributed by atoms with van der Waals surface area (Å²) in [4.78, 5) is 19.0. The van der Waals surface area contributed by atoms with Gasteiger partial charge >= 0.3 is 5.97 Å². The van der Waals surface area contributed by atoms with Crippen molar-refractivity contribution in [1.29, 1.82) is 0 Å². The highest BCUT2D eigenvalue weighted by molar-refractivity contribution is 5.71. The first-order valence-electron chi connectivity index (χ1n) is 10.2. The first-order valence-corrected chi connectivity index (χ1v) is 10.2. The molecule has 0 aliphatic carbocycles. The Morgan fingerprint density at radius 2 is 1.64 bits per heavy atom. The van der Waals surface area contributed by atoms with Gasteiger partial charge in [0.2, 0.25) is 0 Å². The van der Waals surface area contributed by atoms with Crippen molar-refractivity contribution in [2.24, 2.45) is 5.92 Å². The van der Waals surface area contributed by atoms with E-state index >= 15 is 0 Å². The maximum atomic E-state index is 11.4. The van der Waals surface area contributed by atoms with Crippen LogP contribution in [-0.4, -0.2) is 99.3 Å². The van der Waals surface area contributed by atoms with Crippen molar-refractivity contribution < 1.29 is 9.53 Å². The topological polar surface area (TPSA) is 48.1 Å². The average molecular weight is 353 g/mol. The summed E-state index contributed by atoms with van der Waals surface area (Å²) >= 11 is 0. The Morgan fingerprint density at radius 3 is 2.28 bits per heavy atom. The summed E-state index contributed by atoms with van der Waals surface area (Å²) < 4.78 is 4.77. The van der Waals surface area contributed by atoms with Gasteiger partial charge in [0, 0.05) is 45.3 Å². The van der Waals surface area contributed by atoms with E-state index in [4.69, 9.17) is 4.74 Å². The first-order chi connectivity index (χ1) is 12.2. The Bertz CT molecular complexity index is 398. The minimum atomic E-state index is -0.110. The van der Waals surface area contributed by atoms with Crippen LogP contribution in [0.5, 0.6) is 0 Å². The molecule has 0 aromatic heterocycles. The fraction of sp³-hybridized carbons (Fsp3) is 0.947. The minimum absolute atomic E-state index is 0.110. The smallest absolute Gasteiger partial charge is 0.319 e. The SMILES string of the molecule is COC(=O)CN1CCC(N2CCN(CCC3CCNCC3)CC2)CC1. The van der Waals surface area contributed by atoms with Gasteiger partial charge < -0.3 is 15.0 Å². The van der Waals surface area contributed by atoms with Gasteiger partial charge in [0.15, 0.2) is 0 Å². The molecule has 3 fully saturated rings. The molecule has 3 rings (SSSR count). The number of methoxy groups -OCH3 is 1. The number of hydrogen-bond donors (Lipinski definition) is 1. The summed E-state index contributed by atoms with van der Waals surface area (Å²) in [6.45, 7) is 11.1. The lowest BCUT2D eigenvalue weighted by molar-refractivity contribution is -0.142. The zero-order valence-electron chi connectivity index (χ0n) is 15.9. The number of esters is 1. The van der Waals surface area contributed by atoms with E-state index in [1.165, 1.54) is 85.0 Å². The van der Waals surface area contributed by atoms with Crippen molar-refractivity contribution in [3.8, 4) is 0 Å². The molecule has 6 heteroatoms. The Hall–Kier alpha value is -0.690. The summed E-state index contributed by atoms with van der Waals surface area (Å²) in [6.07, 6.45) is 6.49. The quantitative estimate of drug-likeness (QED) is 0.708. The molecule has 3 heterocycles. The third-order valence-electron chi connectivity index (χ3n) is 6.37. The zero-order chi connectivity index (χ0) is 17.5. The van der Waals surface area contributed by atoms with Gasteiger partial charge in [-0.1, -0.05) is 0 Å². The predicted molar refractivity (Wildman–Crippen MR) is 99.7 cm³/mol. The summed E-state index contributed by atoms with van der Waals surface area (Å²) in [5.41, 5.74) is 0. The van der Waals surface area contributed by atoms with Crippen molar-refractivity contribution in [3.63, 3.8) is 0 Å². The molecule has 0 atom stereocenters. The molecule has 1 N–H and O–H groups in total. The number of ether oxygens (including phenoxy) is 1. The average Bonchev–Trinajstić information content (AvgIpc) is 2.68. The molecule has 25 heavy (non-hydrogen) atoms. The summed E-state index contributed by atoms with van der Waals surface area (Å²) in [5, 5.41) is 3.46. The molecular weight excluding hydrogens is 316 g/mol. The normalized spacial score (nSPS) is 26.0. The van der Waals surface area contributed by atoms with Gasteiger partial charge in [-0.05, 0) is 57.7 Å². The van der Waals surface area contributed by atoms with Crippen molar-refractivity contribution >= 4 is 5.97 Å². The number of carbonyl (C=O) groups is 1. The standard InChI is InChI=1S/C19H36N4O2/c1-25-19(24)16-22-10-5-18(6-11-22)23-14-12-21(13-15-23)9-4-17-2-7-20-8-3-17/h17-18,20H,2-16H2,1H3. The molecule has 6 nitrogen and oxygen atoms in total. The Balaban J connectivity index is 1.30. The van der Waals surface area contributed by atoms with Crippen molar-refractivity contribution in [2.75, 3.05) is 72.6 Å². The van der Waals surface area contributed by atoms with Crippen LogP contribution in [0.25, 0.3) is 0 Å². The molecule has 3 aliphatic heterocycles. The van der Waals surface area contributed by atoms with Gasteiger partial charge in [-0.15, -0.1) is 0 Å². The first kappa shape index (κ1) is 19.1. The van der Waals surface area contributed by atoms with Gasteiger partial charge in [-0.3, -0.25) is 14.6 Å². The number of likely N-dealkylation sites (tertiary alicyclic amines) is 1. The second-order valence-corrected chi connectivity index (χ2v) is 7.94. The minimum Gasteiger partial charge on any atom is -0.468 e. The number of piperidine rings is 2. The second kappa shape index (κ2) is 9.86. The van der Waals surface area contributed by atoms with Crippen LogP contribution in [0, 0.1) is 5.92 Å². The third-order valence-corrected chi connectivity index (χ3v) is 6.37. The van der Waals surface area contributed by atoms with Crippen LogP contribution in [-0.2, 0) is 9.53 Å². The highest BCUT2D eigenvalue weighted by atomic mass is 16.5. The lowest BCUT2D eigenvalue weighted by Gasteiger charge is -2.43. The van der Waals surface area contributed by atoms with Gasteiger partial charge in [-0.2, -0.15) is 0 Å². The maximum absolute atomic E-state index is 11.4. The van der Waals surface area contributed by atoms with E-state index in [0.717, 1.165) is 19.0 Å². The van der Waals surface area contributed by atoms with Crippen molar-refractivity contribution in [2.45, 2.75) is 38.1 Å². The summed E-state index contributed by atoms with van der Waals surface area (Å²) in [7, 11) is 1.47. The lowest BCUT2D eigenvalue weighted by atomic mass is 9.94. The number of rotatable bonds is 6. The predicted octanol–water partition coefficient (Wildman–Crippen LogP) is 0.631. The van der Waals surface area contributed by atoms with Crippen LogP contribution in [0.2, 0.25) is 0 Å². The molecule has 0 spiro atoms. The second-order valence-electron chi connectivity index (χ2n) is 7.94. The van der Waals surface area contributed by atoms with Crippen molar-refractivity contribution in [1.82, 2.24) is 20.0 Å². The van der Waals surface area contributed by atoms with E-state index in [9.17, 15) is 4.79 Å². The van der Waals surface area contributed by atoms with Crippen LogP contribution in [0.4, 0.5) is 0 Å². The molecule has 0 amide bonds. The van der Waals surface area contributed by atoms with Crippen molar-refractivity contribution in [3.05, 3.63) is 0 Å². The number of piperazine rings is 1. The number of nitrogens with one attached hydrogen (secondary N) is 1. The van der Waals surface area contributed by atoms with Gasteiger partial charge in [0.25, 0.3) is 0 Å². The molecule has 0 radical (unpaired) electrons. The molecule has 0 unspecified atom stereocenters. The Kier molecular flexibility index (Phi) is 7.52. The van der Waals surface area contributed by atoms with Crippen LogP contribution >= 0.6 is 0 Å². The van der Waals surface area contributed by atoms with Crippen LogP contribution in [0.15, 0.2) is 0 Å². The van der Waals surface area contributed by atoms with E-state index in [1.54, 1.807) is 0 Å². The molecule has 0 aromatic carbocycles. The zero-order valence-corrected chi connectivity index (χ0v) is 15.9. The third kappa shape index (κ3) is 5.91. The Morgan fingerprint density at radius 1 is 0.960 bits per heavy atom. The number of hydrogen-bond acceptors (Lipinski definition) is 6. The van der Waals surface area contributed by atoms with E-state index < -0.39 is 0 Å². The highest BCUT2D eigenvalue weighted by Gasteiger charge is 2.28.